The van der Waals surface area contributed by atoms with Gasteiger partial charge in [0.15, 0.2) is 0 Å². The van der Waals surface area contributed by atoms with Gasteiger partial charge in [-0.1, -0.05) is 13.0 Å². The highest BCUT2D eigenvalue weighted by atomic mass is 19.4. The maximum atomic E-state index is 12.9. The third-order valence-electron chi connectivity index (χ3n) is 2.74. The van der Waals surface area contributed by atoms with Gasteiger partial charge in [0.2, 0.25) is 12.2 Å². The molecule has 0 radical (unpaired) electrons. The lowest BCUT2D eigenvalue weighted by Gasteiger charge is -2.20. The number of ether oxygens (including phenoxy) is 2. The Labute approximate surface area is 125 Å². The van der Waals surface area contributed by atoms with Crippen molar-refractivity contribution in [2.45, 2.75) is 25.8 Å². The van der Waals surface area contributed by atoms with Gasteiger partial charge in [0.05, 0.1) is 0 Å². The Kier molecular flexibility index (Phi) is 4.75. The normalized spacial score (nSPS) is 12.7. The number of alkyl halides is 3. The van der Waals surface area contributed by atoms with Crippen LogP contribution in [-0.2, 0) is 6.18 Å². The van der Waals surface area contributed by atoms with Crippen molar-refractivity contribution < 1.29 is 27.8 Å². The zero-order valence-electron chi connectivity index (χ0n) is 11.7. The smallest absolute Gasteiger partial charge is 0.421 e. The summed E-state index contributed by atoms with van der Waals surface area (Å²) in [5.41, 5.74) is -0.965. The highest BCUT2D eigenvalue weighted by Gasteiger charge is 2.35. The molecule has 0 amide bonds. The average molecular weight is 313 g/mol. The van der Waals surface area contributed by atoms with Crippen LogP contribution in [0.15, 0.2) is 42.6 Å². The predicted molar refractivity (Wildman–Crippen MR) is 72.7 cm³/mol. The van der Waals surface area contributed by atoms with E-state index in [1.165, 1.54) is 24.4 Å². The fourth-order valence-electron chi connectivity index (χ4n) is 1.72. The first-order valence-electron chi connectivity index (χ1n) is 6.54. The molecule has 1 aromatic carbocycles. The van der Waals surface area contributed by atoms with Crippen LogP contribution in [0, 0.1) is 0 Å². The molecule has 0 fully saturated rings. The Bertz CT molecular complexity index is 631. The van der Waals surface area contributed by atoms with Gasteiger partial charge in [-0.3, -0.25) is 0 Å². The minimum absolute atomic E-state index is 0.0128. The van der Waals surface area contributed by atoms with Crippen LogP contribution in [0.5, 0.6) is 17.4 Å². The lowest BCUT2D eigenvalue weighted by Crippen LogP contribution is -2.25. The van der Waals surface area contributed by atoms with Crippen LogP contribution in [-0.4, -0.2) is 16.4 Å². The topological polar surface area (TPSA) is 51.6 Å². The van der Waals surface area contributed by atoms with Crippen LogP contribution in [0.2, 0.25) is 0 Å². The Morgan fingerprint density at radius 2 is 1.95 bits per heavy atom. The summed E-state index contributed by atoms with van der Waals surface area (Å²) in [6, 6.07) is 7.99. The number of pyridine rings is 1. The molecule has 1 atom stereocenters. The van der Waals surface area contributed by atoms with Gasteiger partial charge in [-0.15, -0.1) is 0 Å². The summed E-state index contributed by atoms with van der Waals surface area (Å²) >= 11 is 0. The summed E-state index contributed by atoms with van der Waals surface area (Å²) in [5.74, 6) is -0.264. The number of nitrogens with zero attached hydrogens (tertiary/aromatic N) is 1. The number of rotatable bonds is 5. The number of aromatic hydroxyl groups is 1. The highest BCUT2D eigenvalue weighted by molar-refractivity contribution is 5.32. The van der Waals surface area contributed by atoms with Crippen molar-refractivity contribution >= 4 is 0 Å². The molecule has 1 N–H and O–H groups in total. The number of aromatic nitrogens is 1. The van der Waals surface area contributed by atoms with Crippen molar-refractivity contribution in [3.05, 3.63) is 48.2 Å². The van der Waals surface area contributed by atoms with Gasteiger partial charge in [0.25, 0.3) is 0 Å². The van der Waals surface area contributed by atoms with Gasteiger partial charge >= 0.3 is 6.18 Å². The van der Waals surface area contributed by atoms with Crippen molar-refractivity contribution in [1.82, 2.24) is 4.98 Å². The van der Waals surface area contributed by atoms with E-state index >= 15 is 0 Å². The van der Waals surface area contributed by atoms with E-state index in [0.29, 0.717) is 6.42 Å². The molecular weight excluding hydrogens is 299 g/mol. The van der Waals surface area contributed by atoms with Gasteiger partial charge < -0.3 is 14.6 Å². The Morgan fingerprint density at radius 1 is 1.18 bits per heavy atom. The molecule has 0 bridgehead atoms. The van der Waals surface area contributed by atoms with E-state index < -0.39 is 23.9 Å². The SMILES string of the molecule is CCC(Oc1cccc(O)c1)Oc1ncccc1C(F)(F)F. The van der Waals surface area contributed by atoms with E-state index in [4.69, 9.17) is 9.47 Å². The summed E-state index contributed by atoms with van der Waals surface area (Å²) in [7, 11) is 0. The van der Waals surface area contributed by atoms with Crippen molar-refractivity contribution in [3.8, 4) is 17.4 Å². The molecule has 7 heteroatoms. The summed E-state index contributed by atoms with van der Waals surface area (Å²) in [4.78, 5) is 3.62. The van der Waals surface area contributed by atoms with E-state index in [-0.39, 0.29) is 11.5 Å². The van der Waals surface area contributed by atoms with Crippen LogP contribution in [0.1, 0.15) is 18.9 Å². The summed E-state index contributed by atoms with van der Waals surface area (Å²) in [6.45, 7) is 1.70. The van der Waals surface area contributed by atoms with Gasteiger partial charge in [0.1, 0.15) is 17.1 Å². The first-order chi connectivity index (χ1) is 10.4. The van der Waals surface area contributed by atoms with Crippen LogP contribution >= 0.6 is 0 Å². The fraction of sp³-hybridized carbons (Fsp3) is 0.267. The maximum absolute atomic E-state index is 12.9. The molecule has 118 valence electrons. The molecule has 0 spiro atoms. The summed E-state index contributed by atoms with van der Waals surface area (Å²) in [5, 5.41) is 9.36. The third-order valence-corrected chi connectivity index (χ3v) is 2.74. The molecule has 2 rings (SSSR count). The van der Waals surface area contributed by atoms with Gasteiger partial charge in [-0.05, 0) is 24.3 Å². The molecule has 0 aliphatic heterocycles. The van der Waals surface area contributed by atoms with Crippen LogP contribution in [0.3, 0.4) is 0 Å². The second kappa shape index (κ2) is 6.55. The summed E-state index contributed by atoms with van der Waals surface area (Å²) < 4.78 is 49.3. The van der Waals surface area contributed by atoms with E-state index in [2.05, 4.69) is 4.98 Å². The predicted octanol–water partition coefficient (Wildman–Crippen LogP) is 4.00. The van der Waals surface area contributed by atoms with Gasteiger partial charge in [-0.25, -0.2) is 4.98 Å². The maximum Gasteiger partial charge on any atom is 0.421 e. The molecule has 0 saturated carbocycles. The molecule has 0 saturated heterocycles. The Hall–Kier alpha value is -2.44. The standard InChI is InChI=1S/C15H14F3NO3/c1-2-13(21-11-6-3-5-10(20)9-11)22-14-12(15(16,17)18)7-4-8-19-14/h3-9,13,20H,2H2,1H3. The zero-order valence-corrected chi connectivity index (χ0v) is 11.7. The van der Waals surface area contributed by atoms with Crippen molar-refractivity contribution in [2.75, 3.05) is 0 Å². The molecule has 2 aromatic rings. The van der Waals surface area contributed by atoms with Crippen molar-refractivity contribution in [3.63, 3.8) is 0 Å². The molecule has 0 aliphatic rings. The molecule has 4 nitrogen and oxygen atoms in total. The molecule has 22 heavy (non-hydrogen) atoms. The quantitative estimate of drug-likeness (QED) is 0.848. The second-order valence-electron chi connectivity index (χ2n) is 4.42. The molecule has 1 aromatic heterocycles. The van der Waals surface area contributed by atoms with Gasteiger partial charge in [-0.2, -0.15) is 13.2 Å². The minimum atomic E-state index is -4.56. The number of phenols is 1. The first kappa shape index (κ1) is 15.9. The summed E-state index contributed by atoms with van der Waals surface area (Å²) in [6.07, 6.45) is -4.01. The van der Waals surface area contributed by atoms with Crippen molar-refractivity contribution in [2.24, 2.45) is 0 Å². The Balaban J connectivity index is 2.17. The number of benzene rings is 1. The number of hydrogen-bond donors (Lipinski definition) is 1. The molecule has 0 aliphatic carbocycles. The van der Waals surface area contributed by atoms with Crippen molar-refractivity contribution in [1.29, 1.82) is 0 Å². The monoisotopic (exact) mass is 313 g/mol. The fourth-order valence-corrected chi connectivity index (χ4v) is 1.72. The molecule has 1 heterocycles. The third kappa shape index (κ3) is 4.03. The zero-order chi connectivity index (χ0) is 16.2. The lowest BCUT2D eigenvalue weighted by atomic mass is 10.2. The van der Waals surface area contributed by atoms with Crippen LogP contribution in [0.25, 0.3) is 0 Å². The van der Waals surface area contributed by atoms with E-state index in [9.17, 15) is 18.3 Å². The highest BCUT2D eigenvalue weighted by Crippen LogP contribution is 2.35. The first-order valence-corrected chi connectivity index (χ1v) is 6.54. The van der Waals surface area contributed by atoms with E-state index in [1.807, 2.05) is 0 Å². The number of phenolic OH excluding ortho intramolecular Hbond substituents is 1. The minimum Gasteiger partial charge on any atom is -0.508 e. The molecule has 1 unspecified atom stereocenters. The number of hydrogen-bond acceptors (Lipinski definition) is 4. The Morgan fingerprint density at radius 3 is 2.59 bits per heavy atom. The second-order valence-corrected chi connectivity index (χ2v) is 4.42. The van der Waals surface area contributed by atoms with Gasteiger partial charge in [0, 0.05) is 18.7 Å². The van der Waals surface area contributed by atoms with Crippen LogP contribution in [0.4, 0.5) is 13.2 Å². The lowest BCUT2D eigenvalue weighted by molar-refractivity contribution is -0.141. The van der Waals surface area contributed by atoms with E-state index in [0.717, 1.165) is 6.07 Å². The molecular formula is C15H14F3NO3. The average Bonchev–Trinajstić information content (AvgIpc) is 2.46. The van der Waals surface area contributed by atoms with E-state index in [1.54, 1.807) is 19.1 Å². The van der Waals surface area contributed by atoms with Crippen LogP contribution < -0.4 is 9.47 Å². The largest absolute Gasteiger partial charge is 0.508 e. The number of halogens is 3.